The van der Waals surface area contributed by atoms with Crippen molar-refractivity contribution in [1.29, 1.82) is 0 Å². The van der Waals surface area contributed by atoms with Crippen LogP contribution in [-0.4, -0.2) is 23.0 Å². The van der Waals surface area contributed by atoms with Gasteiger partial charge in [-0.05, 0) is 44.4 Å². The summed E-state index contributed by atoms with van der Waals surface area (Å²) >= 11 is 6.22. The molecule has 1 fully saturated rings. The van der Waals surface area contributed by atoms with Crippen molar-refractivity contribution in [3.63, 3.8) is 0 Å². The molecular weight excluding hydrogens is 284 g/mol. The molecule has 21 heavy (non-hydrogen) atoms. The molecule has 1 aliphatic heterocycles. The van der Waals surface area contributed by atoms with Gasteiger partial charge in [-0.2, -0.15) is 0 Å². The first-order valence-electron chi connectivity index (χ1n) is 7.57. The first-order valence-corrected chi connectivity index (χ1v) is 7.95. The molecule has 3 nitrogen and oxygen atoms in total. The van der Waals surface area contributed by atoms with E-state index in [0.717, 1.165) is 42.6 Å². The molecule has 112 valence electrons. The molecule has 0 radical (unpaired) electrons. The minimum absolute atomic E-state index is 0.623. The lowest BCUT2D eigenvalue weighted by molar-refractivity contribution is 0.174. The van der Waals surface area contributed by atoms with Gasteiger partial charge in [-0.25, -0.2) is 4.98 Å². The molecule has 1 atom stereocenters. The normalized spacial score (nSPS) is 19.9. The number of likely N-dealkylation sites (tertiary alicyclic amines) is 1. The first kappa shape index (κ1) is 14.6. The van der Waals surface area contributed by atoms with Crippen LogP contribution in [0.25, 0.3) is 11.5 Å². The Morgan fingerprint density at radius 1 is 1.38 bits per heavy atom. The maximum atomic E-state index is 6.22. The highest BCUT2D eigenvalue weighted by Crippen LogP contribution is 2.29. The van der Waals surface area contributed by atoms with Crippen LogP contribution in [0.15, 0.2) is 28.7 Å². The van der Waals surface area contributed by atoms with E-state index in [4.69, 9.17) is 16.0 Å². The fourth-order valence-electron chi connectivity index (χ4n) is 2.97. The molecule has 3 rings (SSSR count). The van der Waals surface area contributed by atoms with Crippen molar-refractivity contribution in [2.75, 3.05) is 13.1 Å². The molecule has 0 amide bonds. The van der Waals surface area contributed by atoms with Crippen LogP contribution < -0.4 is 0 Å². The number of piperidine rings is 1. The lowest BCUT2D eigenvalue weighted by atomic mass is 10.0. The van der Waals surface area contributed by atoms with Gasteiger partial charge in [0.15, 0.2) is 0 Å². The van der Waals surface area contributed by atoms with E-state index in [9.17, 15) is 0 Å². The molecule has 0 unspecified atom stereocenters. The van der Waals surface area contributed by atoms with Crippen molar-refractivity contribution in [1.82, 2.24) is 9.88 Å². The van der Waals surface area contributed by atoms with Crippen LogP contribution in [-0.2, 0) is 6.54 Å². The van der Waals surface area contributed by atoms with Crippen LogP contribution in [0.5, 0.6) is 0 Å². The first-order chi connectivity index (χ1) is 10.1. The van der Waals surface area contributed by atoms with Gasteiger partial charge in [0.2, 0.25) is 5.89 Å². The summed E-state index contributed by atoms with van der Waals surface area (Å²) in [6, 6.07) is 7.67. The minimum Gasteiger partial charge on any atom is -0.441 e. The second kappa shape index (κ2) is 6.20. The van der Waals surface area contributed by atoms with Crippen LogP contribution in [0.1, 0.15) is 31.2 Å². The van der Waals surface area contributed by atoms with Gasteiger partial charge in [0.1, 0.15) is 5.76 Å². The van der Waals surface area contributed by atoms with Gasteiger partial charge in [0.25, 0.3) is 0 Å². The van der Waals surface area contributed by atoms with Crippen LogP contribution in [0.3, 0.4) is 0 Å². The predicted octanol–water partition coefficient (Wildman–Crippen LogP) is 4.54. The van der Waals surface area contributed by atoms with E-state index < -0.39 is 0 Å². The van der Waals surface area contributed by atoms with E-state index in [2.05, 4.69) is 16.8 Å². The quantitative estimate of drug-likeness (QED) is 0.834. The zero-order valence-electron chi connectivity index (χ0n) is 12.6. The molecule has 1 aromatic carbocycles. The number of hydrogen-bond donors (Lipinski definition) is 0. The molecule has 0 spiro atoms. The van der Waals surface area contributed by atoms with Crippen LogP contribution >= 0.6 is 11.6 Å². The Morgan fingerprint density at radius 3 is 2.95 bits per heavy atom. The largest absolute Gasteiger partial charge is 0.441 e. The summed E-state index contributed by atoms with van der Waals surface area (Å²) in [5.74, 6) is 2.29. The van der Waals surface area contributed by atoms with Gasteiger partial charge in [-0.1, -0.05) is 30.7 Å². The van der Waals surface area contributed by atoms with E-state index >= 15 is 0 Å². The Hall–Kier alpha value is -1.32. The molecule has 2 heterocycles. The Bertz CT molecular complexity index is 623. The van der Waals surface area contributed by atoms with Gasteiger partial charge in [-0.15, -0.1) is 0 Å². The smallest absolute Gasteiger partial charge is 0.228 e. The molecule has 0 aliphatic carbocycles. The van der Waals surface area contributed by atoms with E-state index in [1.165, 1.54) is 12.8 Å². The molecule has 2 aromatic rings. The molecule has 1 aliphatic rings. The van der Waals surface area contributed by atoms with Crippen LogP contribution in [0.2, 0.25) is 5.02 Å². The van der Waals surface area contributed by atoms with Crippen molar-refractivity contribution in [2.45, 2.75) is 33.2 Å². The third kappa shape index (κ3) is 3.30. The third-order valence-corrected chi connectivity index (χ3v) is 4.44. The topological polar surface area (TPSA) is 29.3 Å². The number of halogens is 1. The number of hydrogen-bond acceptors (Lipinski definition) is 3. The Morgan fingerprint density at radius 2 is 2.19 bits per heavy atom. The number of nitrogens with zero attached hydrogens (tertiary/aromatic N) is 2. The average Bonchev–Trinajstić information content (AvgIpc) is 2.80. The Labute approximate surface area is 130 Å². The van der Waals surface area contributed by atoms with Gasteiger partial charge >= 0.3 is 0 Å². The second-order valence-corrected chi connectivity index (χ2v) is 6.39. The van der Waals surface area contributed by atoms with E-state index in [0.29, 0.717) is 10.9 Å². The predicted molar refractivity (Wildman–Crippen MR) is 85.4 cm³/mol. The van der Waals surface area contributed by atoms with Gasteiger partial charge < -0.3 is 4.42 Å². The summed E-state index contributed by atoms with van der Waals surface area (Å²) in [5.41, 5.74) is 1.89. The highest BCUT2D eigenvalue weighted by atomic mass is 35.5. The van der Waals surface area contributed by atoms with Gasteiger partial charge in [0, 0.05) is 13.1 Å². The third-order valence-electron chi connectivity index (χ3n) is 4.11. The maximum Gasteiger partial charge on any atom is 0.228 e. The second-order valence-electron chi connectivity index (χ2n) is 5.98. The lowest BCUT2D eigenvalue weighted by Crippen LogP contribution is -2.34. The summed E-state index contributed by atoms with van der Waals surface area (Å²) in [5, 5.41) is 0.678. The Kier molecular flexibility index (Phi) is 4.32. The average molecular weight is 305 g/mol. The molecule has 1 saturated heterocycles. The van der Waals surface area contributed by atoms with Crippen molar-refractivity contribution in [3.8, 4) is 11.5 Å². The standard InChI is InChI=1S/C17H21ClN2O/c1-12-6-5-9-20(10-12)11-16-13(2)21-17(19-16)14-7-3-4-8-15(14)18/h3-4,7-8,12H,5-6,9-11H2,1-2H3/t12-/m1/s1. The van der Waals surface area contributed by atoms with Crippen LogP contribution in [0.4, 0.5) is 0 Å². The van der Waals surface area contributed by atoms with Crippen molar-refractivity contribution < 1.29 is 4.42 Å². The highest BCUT2D eigenvalue weighted by Gasteiger charge is 2.20. The fourth-order valence-corrected chi connectivity index (χ4v) is 3.18. The number of aryl methyl sites for hydroxylation is 1. The zero-order chi connectivity index (χ0) is 14.8. The summed E-state index contributed by atoms with van der Waals surface area (Å²) in [7, 11) is 0. The van der Waals surface area contributed by atoms with E-state index in [-0.39, 0.29) is 0 Å². The highest BCUT2D eigenvalue weighted by molar-refractivity contribution is 6.33. The fraction of sp³-hybridized carbons (Fsp3) is 0.471. The number of rotatable bonds is 3. The summed E-state index contributed by atoms with van der Waals surface area (Å²) in [6.07, 6.45) is 2.61. The van der Waals surface area contributed by atoms with Crippen molar-refractivity contribution >= 4 is 11.6 Å². The molecular formula is C17H21ClN2O. The summed E-state index contributed by atoms with van der Waals surface area (Å²) in [4.78, 5) is 7.13. The molecule has 0 N–H and O–H groups in total. The van der Waals surface area contributed by atoms with Crippen molar-refractivity contribution in [2.24, 2.45) is 5.92 Å². The summed E-state index contributed by atoms with van der Waals surface area (Å²) < 4.78 is 5.83. The zero-order valence-corrected chi connectivity index (χ0v) is 13.4. The SMILES string of the molecule is Cc1oc(-c2ccccc2Cl)nc1CN1CCC[C@@H](C)C1. The van der Waals surface area contributed by atoms with Gasteiger partial charge in [-0.3, -0.25) is 4.90 Å². The van der Waals surface area contributed by atoms with Crippen LogP contribution in [0, 0.1) is 12.8 Å². The number of aromatic nitrogens is 1. The van der Waals surface area contributed by atoms with Gasteiger partial charge in [0.05, 0.1) is 16.3 Å². The minimum atomic E-state index is 0.623. The lowest BCUT2D eigenvalue weighted by Gasteiger charge is -2.30. The maximum absolute atomic E-state index is 6.22. The molecule has 1 aromatic heterocycles. The van der Waals surface area contributed by atoms with Crippen molar-refractivity contribution in [3.05, 3.63) is 40.7 Å². The monoisotopic (exact) mass is 304 g/mol. The molecule has 0 bridgehead atoms. The number of oxazole rings is 1. The van der Waals surface area contributed by atoms with E-state index in [1.807, 2.05) is 31.2 Å². The molecule has 0 saturated carbocycles. The van der Waals surface area contributed by atoms with E-state index in [1.54, 1.807) is 0 Å². The molecule has 4 heteroatoms. The number of benzene rings is 1. The Balaban J connectivity index is 1.80. The summed E-state index contributed by atoms with van der Waals surface area (Å²) in [6.45, 7) is 7.46.